The van der Waals surface area contributed by atoms with E-state index in [1.165, 1.54) is 0 Å². The predicted octanol–water partition coefficient (Wildman–Crippen LogP) is 3.91. The number of carbonyl (C=O) groups excluding carboxylic acids is 1. The second kappa shape index (κ2) is 8.63. The number of carbonyl (C=O) groups is 1. The first kappa shape index (κ1) is 19.5. The second-order valence-corrected chi connectivity index (χ2v) is 6.77. The van der Waals surface area contributed by atoms with E-state index in [0.717, 1.165) is 44.0 Å². The lowest BCUT2D eigenvalue weighted by Crippen LogP contribution is -2.47. The summed E-state index contributed by atoms with van der Waals surface area (Å²) in [7, 11) is 0. The van der Waals surface area contributed by atoms with E-state index in [2.05, 4.69) is 15.1 Å². The summed E-state index contributed by atoms with van der Waals surface area (Å²) in [6, 6.07) is 9.45. The molecular formula is C19H19ClF3N3O. The first-order valence-electron chi connectivity index (χ1n) is 8.60. The Morgan fingerprint density at radius 3 is 2.48 bits per heavy atom. The van der Waals surface area contributed by atoms with Crippen LogP contribution >= 0.6 is 11.6 Å². The predicted molar refractivity (Wildman–Crippen MR) is 99.7 cm³/mol. The third kappa shape index (κ3) is 4.93. The molecule has 0 aliphatic carbocycles. The zero-order valence-electron chi connectivity index (χ0n) is 14.5. The molecule has 8 heteroatoms. The first-order valence-corrected chi connectivity index (χ1v) is 8.98. The van der Waals surface area contributed by atoms with Crippen LogP contribution in [-0.4, -0.2) is 43.5 Å². The van der Waals surface area contributed by atoms with Crippen molar-refractivity contribution < 1.29 is 18.0 Å². The molecule has 1 aliphatic heterocycles. The van der Waals surface area contributed by atoms with Crippen molar-refractivity contribution in [2.75, 3.05) is 42.9 Å². The molecule has 0 radical (unpaired) electrons. The molecule has 27 heavy (non-hydrogen) atoms. The normalized spacial score (nSPS) is 15.0. The van der Waals surface area contributed by atoms with Crippen LogP contribution in [0.25, 0.3) is 0 Å². The summed E-state index contributed by atoms with van der Waals surface area (Å²) >= 11 is 6.02. The van der Waals surface area contributed by atoms with Crippen molar-refractivity contribution in [2.24, 2.45) is 0 Å². The maximum atomic E-state index is 13.6. The van der Waals surface area contributed by atoms with Crippen LogP contribution in [-0.2, 0) is 4.79 Å². The Labute approximate surface area is 160 Å². The highest BCUT2D eigenvalue weighted by Crippen LogP contribution is 2.21. The van der Waals surface area contributed by atoms with Gasteiger partial charge in [-0.3, -0.25) is 9.69 Å². The summed E-state index contributed by atoms with van der Waals surface area (Å²) in [5.74, 6) is -4.72. The minimum atomic E-state index is -1.59. The lowest BCUT2D eigenvalue weighted by atomic mass is 10.2. The number of hydrogen-bond acceptors (Lipinski definition) is 3. The van der Waals surface area contributed by atoms with Crippen LogP contribution < -0.4 is 10.2 Å². The van der Waals surface area contributed by atoms with Gasteiger partial charge in [0, 0.05) is 49.9 Å². The number of piperazine rings is 1. The molecule has 1 aliphatic rings. The Morgan fingerprint density at radius 2 is 1.78 bits per heavy atom. The molecule has 0 bridgehead atoms. The average Bonchev–Trinajstić information content (AvgIpc) is 2.67. The maximum Gasteiger partial charge on any atom is 0.225 e. The van der Waals surface area contributed by atoms with Gasteiger partial charge in [0.15, 0.2) is 17.5 Å². The zero-order chi connectivity index (χ0) is 19.4. The van der Waals surface area contributed by atoms with E-state index in [1.54, 1.807) is 0 Å². The average molecular weight is 398 g/mol. The Hall–Kier alpha value is -2.25. The monoisotopic (exact) mass is 397 g/mol. The Kier molecular flexibility index (Phi) is 6.23. The van der Waals surface area contributed by atoms with Crippen LogP contribution in [0, 0.1) is 17.5 Å². The Morgan fingerprint density at radius 1 is 1.04 bits per heavy atom. The van der Waals surface area contributed by atoms with Gasteiger partial charge in [-0.2, -0.15) is 0 Å². The topological polar surface area (TPSA) is 35.6 Å². The molecule has 1 amide bonds. The number of rotatable bonds is 5. The van der Waals surface area contributed by atoms with Crippen molar-refractivity contribution in [2.45, 2.75) is 6.42 Å². The first-order chi connectivity index (χ1) is 12.9. The second-order valence-electron chi connectivity index (χ2n) is 6.33. The van der Waals surface area contributed by atoms with Crippen molar-refractivity contribution in [3.05, 3.63) is 58.9 Å². The molecule has 0 atom stereocenters. The Bertz CT molecular complexity index is 826. The van der Waals surface area contributed by atoms with Gasteiger partial charge in [0.1, 0.15) is 0 Å². The lowest BCUT2D eigenvalue weighted by molar-refractivity contribution is -0.116. The fraction of sp³-hybridized carbons (Fsp3) is 0.316. The molecular weight excluding hydrogens is 379 g/mol. The van der Waals surface area contributed by atoms with Gasteiger partial charge >= 0.3 is 0 Å². The standard InChI is InChI=1S/C19H19ClF3N3O/c20-13-2-1-3-14(12-13)26-10-8-25(9-11-26)7-6-17(27)24-16-5-4-15(21)18(22)19(16)23/h1-5,12H,6-11H2,(H,24,27). The third-order valence-corrected chi connectivity index (χ3v) is 4.75. The highest BCUT2D eigenvalue weighted by Gasteiger charge is 2.19. The number of nitrogens with zero attached hydrogens (tertiary/aromatic N) is 2. The SMILES string of the molecule is O=C(CCN1CCN(c2cccc(Cl)c2)CC1)Nc1ccc(F)c(F)c1F. The van der Waals surface area contributed by atoms with E-state index >= 15 is 0 Å². The summed E-state index contributed by atoms with van der Waals surface area (Å²) in [5, 5.41) is 2.98. The van der Waals surface area contributed by atoms with Gasteiger partial charge < -0.3 is 10.2 Å². The number of nitrogens with one attached hydrogen (secondary N) is 1. The van der Waals surface area contributed by atoms with Gasteiger partial charge in [-0.1, -0.05) is 17.7 Å². The van der Waals surface area contributed by atoms with Crippen LogP contribution in [0.15, 0.2) is 36.4 Å². The van der Waals surface area contributed by atoms with Gasteiger partial charge in [-0.15, -0.1) is 0 Å². The van der Waals surface area contributed by atoms with Gasteiger partial charge in [0.05, 0.1) is 5.69 Å². The molecule has 0 spiro atoms. The zero-order valence-corrected chi connectivity index (χ0v) is 15.3. The van der Waals surface area contributed by atoms with Crippen LogP contribution in [0.4, 0.5) is 24.5 Å². The highest BCUT2D eigenvalue weighted by molar-refractivity contribution is 6.30. The van der Waals surface area contributed by atoms with Crippen molar-refractivity contribution >= 4 is 28.9 Å². The van der Waals surface area contributed by atoms with Crippen LogP contribution in [0.5, 0.6) is 0 Å². The third-order valence-electron chi connectivity index (χ3n) is 4.51. The quantitative estimate of drug-likeness (QED) is 0.777. The molecule has 1 N–H and O–H groups in total. The van der Waals surface area contributed by atoms with E-state index in [9.17, 15) is 18.0 Å². The van der Waals surface area contributed by atoms with E-state index in [4.69, 9.17) is 11.6 Å². The summed E-state index contributed by atoms with van der Waals surface area (Å²) < 4.78 is 39.7. The molecule has 144 valence electrons. The number of halogens is 4. The van der Waals surface area contributed by atoms with Crippen molar-refractivity contribution in [1.29, 1.82) is 0 Å². The van der Waals surface area contributed by atoms with Crippen molar-refractivity contribution in [1.82, 2.24) is 4.90 Å². The molecule has 1 fully saturated rings. The van der Waals surface area contributed by atoms with Crippen LogP contribution in [0.3, 0.4) is 0 Å². The van der Waals surface area contributed by atoms with Gasteiger partial charge in [0.25, 0.3) is 0 Å². The fourth-order valence-corrected chi connectivity index (χ4v) is 3.18. The van der Waals surface area contributed by atoms with Crippen molar-refractivity contribution in [3.8, 4) is 0 Å². The van der Waals surface area contributed by atoms with Gasteiger partial charge in [0.2, 0.25) is 5.91 Å². The molecule has 0 saturated carbocycles. The molecule has 1 saturated heterocycles. The fourth-order valence-electron chi connectivity index (χ4n) is 3.00. The van der Waals surface area contributed by atoms with E-state index in [-0.39, 0.29) is 12.1 Å². The van der Waals surface area contributed by atoms with E-state index < -0.39 is 23.4 Å². The van der Waals surface area contributed by atoms with E-state index in [1.807, 2.05) is 24.3 Å². The molecule has 2 aromatic carbocycles. The summed E-state index contributed by atoms with van der Waals surface area (Å²) in [4.78, 5) is 16.3. The number of hydrogen-bond donors (Lipinski definition) is 1. The number of amides is 1. The van der Waals surface area contributed by atoms with Gasteiger partial charge in [-0.05, 0) is 30.3 Å². The summed E-state index contributed by atoms with van der Waals surface area (Å²) in [6.07, 6.45) is 0.135. The molecule has 1 heterocycles. The molecule has 3 rings (SSSR count). The van der Waals surface area contributed by atoms with Gasteiger partial charge in [-0.25, -0.2) is 13.2 Å². The maximum absolute atomic E-state index is 13.6. The molecule has 0 unspecified atom stereocenters. The number of benzene rings is 2. The smallest absolute Gasteiger partial charge is 0.225 e. The van der Waals surface area contributed by atoms with Crippen molar-refractivity contribution in [3.63, 3.8) is 0 Å². The largest absolute Gasteiger partial charge is 0.369 e. The van der Waals surface area contributed by atoms with Crippen LogP contribution in [0.2, 0.25) is 5.02 Å². The summed E-state index contributed by atoms with van der Waals surface area (Å²) in [5.41, 5.74) is 0.707. The van der Waals surface area contributed by atoms with Crippen LogP contribution in [0.1, 0.15) is 6.42 Å². The molecule has 4 nitrogen and oxygen atoms in total. The van der Waals surface area contributed by atoms with E-state index in [0.29, 0.717) is 11.6 Å². The molecule has 0 aromatic heterocycles. The Balaban J connectivity index is 1.46. The summed E-state index contributed by atoms with van der Waals surface area (Å²) in [6.45, 7) is 3.67. The lowest BCUT2D eigenvalue weighted by Gasteiger charge is -2.36. The number of anilines is 2. The minimum absolute atomic E-state index is 0.135. The minimum Gasteiger partial charge on any atom is -0.369 e. The molecule has 2 aromatic rings. The highest BCUT2D eigenvalue weighted by atomic mass is 35.5.